The SMILES string of the molecule is Cc1cc(B2OC(C)(C)C(C)(C)O2)ccc1[C@@H](C)N[S@@+]([O-])C(C)(C)C. The quantitative estimate of drug-likeness (QED) is 0.656. The van der Waals surface area contributed by atoms with Crippen molar-refractivity contribution in [3.63, 3.8) is 0 Å². The van der Waals surface area contributed by atoms with Crippen LogP contribution in [0.1, 0.15) is 72.6 Å². The van der Waals surface area contributed by atoms with Gasteiger partial charge >= 0.3 is 7.12 Å². The Morgan fingerprint density at radius 2 is 1.64 bits per heavy atom. The third-order valence-corrected chi connectivity index (χ3v) is 6.81. The molecule has 0 saturated carbocycles. The Morgan fingerprint density at radius 3 is 2.08 bits per heavy atom. The van der Waals surface area contributed by atoms with Crippen molar-refractivity contribution >= 4 is 23.9 Å². The molecule has 1 aliphatic heterocycles. The highest BCUT2D eigenvalue weighted by atomic mass is 32.2. The van der Waals surface area contributed by atoms with Gasteiger partial charge in [-0.05, 0) is 78.9 Å². The molecule has 1 saturated heterocycles. The molecule has 0 radical (unpaired) electrons. The Labute approximate surface area is 156 Å². The third kappa shape index (κ3) is 4.42. The Bertz CT molecular complexity index is 612. The van der Waals surface area contributed by atoms with Crippen LogP contribution in [0.4, 0.5) is 0 Å². The van der Waals surface area contributed by atoms with E-state index in [0.29, 0.717) is 0 Å². The van der Waals surface area contributed by atoms with Crippen LogP contribution in [-0.2, 0) is 20.7 Å². The Hall–Kier alpha value is -0.525. The first-order chi connectivity index (χ1) is 11.2. The maximum atomic E-state index is 12.3. The lowest BCUT2D eigenvalue weighted by Crippen LogP contribution is -2.41. The largest absolute Gasteiger partial charge is 0.598 e. The maximum Gasteiger partial charge on any atom is 0.494 e. The molecule has 1 heterocycles. The van der Waals surface area contributed by atoms with E-state index in [1.54, 1.807) is 0 Å². The van der Waals surface area contributed by atoms with Crippen LogP contribution in [0.3, 0.4) is 0 Å². The molecule has 1 aromatic rings. The lowest BCUT2D eigenvalue weighted by Gasteiger charge is -2.32. The van der Waals surface area contributed by atoms with Crippen molar-refractivity contribution in [1.82, 2.24) is 4.72 Å². The summed E-state index contributed by atoms with van der Waals surface area (Å²) in [7, 11) is -0.357. The minimum atomic E-state index is -1.10. The molecular formula is C19H32BNO3S. The monoisotopic (exact) mass is 365 g/mol. The molecule has 4 nitrogen and oxygen atoms in total. The molecule has 1 aliphatic rings. The van der Waals surface area contributed by atoms with Gasteiger partial charge in [0.05, 0.1) is 17.2 Å². The van der Waals surface area contributed by atoms with Gasteiger partial charge in [0.1, 0.15) is 4.75 Å². The summed E-state index contributed by atoms with van der Waals surface area (Å²) in [5.41, 5.74) is 2.60. The van der Waals surface area contributed by atoms with Crippen LogP contribution < -0.4 is 10.2 Å². The Balaban J connectivity index is 2.16. The molecule has 25 heavy (non-hydrogen) atoms. The van der Waals surface area contributed by atoms with Crippen molar-refractivity contribution in [2.45, 2.75) is 84.3 Å². The van der Waals surface area contributed by atoms with Crippen LogP contribution in [0.25, 0.3) is 0 Å². The smallest absolute Gasteiger partial charge is 0.494 e. The standard InChI is InChI=1S/C19H32BNO3S/c1-13-12-15(20-23-18(6,7)19(8,9)24-20)10-11-16(13)14(2)21-25(22)17(3,4)5/h10-12,14,21H,1-9H3/t14-,25+/m1/s1. The second-order valence-corrected chi connectivity index (χ2v) is 10.9. The molecule has 0 aliphatic carbocycles. The van der Waals surface area contributed by atoms with Crippen LogP contribution in [0.5, 0.6) is 0 Å². The van der Waals surface area contributed by atoms with Crippen molar-refractivity contribution in [1.29, 1.82) is 0 Å². The molecule has 0 aromatic heterocycles. The lowest BCUT2D eigenvalue weighted by atomic mass is 9.77. The van der Waals surface area contributed by atoms with Crippen molar-refractivity contribution in [3.05, 3.63) is 29.3 Å². The molecule has 140 valence electrons. The molecule has 0 spiro atoms. The van der Waals surface area contributed by atoms with Gasteiger partial charge in [-0.25, -0.2) is 0 Å². The minimum Gasteiger partial charge on any atom is -0.598 e. The van der Waals surface area contributed by atoms with E-state index < -0.39 is 11.4 Å². The summed E-state index contributed by atoms with van der Waals surface area (Å²) in [4.78, 5) is 0. The predicted octanol–water partition coefficient (Wildman–Crippen LogP) is 3.41. The van der Waals surface area contributed by atoms with Gasteiger partial charge in [-0.2, -0.15) is 0 Å². The first-order valence-electron chi connectivity index (χ1n) is 8.89. The second kappa shape index (κ2) is 6.89. The van der Waals surface area contributed by atoms with Gasteiger partial charge in [-0.15, -0.1) is 4.72 Å². The van der Waals surface area contributed by atoms with Crippen molar-refractivity contribution in [2.24, 2.45) is 0 Å². The second-order valence-electron chi connectivity index (χ2n) is 8.92. The highest BCUT2D eigenvalue weighted by molar-refractivity contribution is 7.90. The van der Waals surface area contributed by atoms with Crippen molar-refractivity contribution < 1.29 is 13.9 Å². The van der Waals surface area contributed by atoms with Crippen LogP contribution in [0, 0.1) is 6.92 Å². The lowest BCUT2D eigenvalue weighted by molar-refractivity contribution is 0.00578. The van der Waals surface area contributed by atoms with Gasteiger partial charge in [0.15, 0.2) is 0 Å². The summed E-state index contributed by atoms with van der Waals surface area (Å²) in [6.45, 7) is 18.3. The minimum absolute atomic E-state index is 0.00686. The fourth-order valence-corrected chi connectivity index (χ4v) is 3.51. The van der Waals surface area contributed by atoms with E-state index in [-0.39, 0.29) is 29.1 Å². The zero-order valence-corrected chi connectivity index (χ0v) is 17.8. The summed E-state index contributed by atoms with van der Waals surface area (Å²) >= 11 is -1.10. The summed E-state index contributed by atoms with van der Waals surface area (Å²) in [5, 5.41) is 0. The van der Waals surface area contributed by atoms with Crippen LogP contribution in [-0.4, -0.2) is 27.6 Å². The normalized spacial score (nSPS) is 22.1. The number of nitrogens with one attached hydrogen (secondary N) is 1. The fourth-order valence-electron chi connectivity index (χ4n) is 2.71. The summed E-state index contributed by atoms with van der Waals surface area (Å²) < 4.78 is 27.5. The Morgan fingerprint density at radius 1 is 1.12 bits per heavy atom. The zero-order valence-electron chi connectivity index (χ0n) is 17.0. The Kier molecular flexibility index (Phi) is 5.73. The van der Waals surface area contributed by atoms with Gasteiger partial charge in [0, 0.05) is 11.4 Å². The molecule has 0 bridgehead atoms. The molecule has 0 amide bonds. The highest BCUT2D eigenvalue weighted by Crippen LogP contribution is 2.36. The van der Waals surface area contributed by atoms with E-state index >= 15 is 0 Å². The first-order valence-corrected chi connectivity index (χ1v) is 10.0. The van der Waals surface area contributed by atoms with Crippen molar-refractivity contribution in [2.75, 3.05) is 0 Å². The van der Waals surface area contributed by atoms with Crippen LogP contribution in [0.15, 0.2) is 18.2 Å². The molecule has 1 fully saturated rings. The van der Waals surface area contributed by atoms with Gasteiger partial charge in [0.2, 0.25) is 0 Å². The maximum absolute atomic E-state index is 12.3. The fraction of sp³-hybridized carbons (Fsp3) is 0.684. The first kappa shape index (κ1) is 20.8. The number of hydrogen-bond acceptors (Lipinski definition) is 4. The van der Waals surface area contributed by atoms with E-state index in [0.717, 1.165) is 16.6 Å². The number of benzene rings is 1. The van der Waals surface area contributed by atoms with E-state index in [4.69, 9.17) is 9.31 Å². The summed E-state index contributed by atoms with van der Waals surface area (Å²) in [6.07, 6.45) is 0. The number of aryl methyl sites for hydroxylation is 1. The molecule has 2 atom stereocenters. The van der Waals surface area contributed by atoms with E-state index in [1.807, 2.05) is 33.8 Å². The molecule has 1 N–H and O–H groups in total. The average Bonchev–Trinajstić information content (AvgIpc) is 2.66. The van der Waals surface area contributed by atoms with Gasteiger partial charge in [0.25, 0.3) is 0 Å². The van der Waals surface area contributed by atoms with Crippen LogP contribution in [0.2, 0.25) is 0 Å². The van der Waals surface area contributed by atoms with Crippen LogP contribution >= 0.6 is 0 Å². The van der Waals surface area contributed by atoms with E-state index in [1.165, 1.54) is 0 Å². The molecular weight excluding hydrogens is 333 g/mol. The average molecular weight is 365 g/mol. The molecule has 6 heteroatoms. The molecule has 0 unspecified atom stereocenters. The molecule has 2 rings (SSSR count). The van der Waals surface area contributed by atoms with E-state index in [2.05, 4.69) is 51.5 Å². The van der Waals surface area contributed by atoms with Gasteiger partial charge in [-0.3, -0.25) is 0 Å². The predicted molar refractivity (Wildman–Crippen MR) is 106 cm³/mol. The van der Waals surface area contributed by atoms with E-state index in [9.17, 15) is 4.55 Å². The summed E-state index contributed by atoms with van der Waals surface area (Å²) in [5.74, 6) is 0. The summed E-state index contributed by atoms with van der Waals surface area (Å²) in [6, 6.07) is 6.23. The number of hydrogen-bond donors (Lipinski definition) is 1. The van der Waals surface area contributed by atoms with Gasteiger partial charge < -0.3 is 13.9 Å². The van der Waals surface area contributed by atoms with Crippen molar-refractivity contribution in [3.8, 4) is 0 Å². The van der Waals surface area contributed by atoms with Gasteiger partial charge in [-0.1, -0.05) is 18.2 Å². The number of rotatable bonds is 4. The third-order valence-electron chi connectivity index (χ3n) is 5.13. The topological polar surface area (TPSA) is 53.5 Å². The highest BCUT2D eigenvalue weighted by Gasteiger charge is 2.51. The zero-order chi connectivity index (χ0) is 19.2. The molecule has 1 aromatic carbocycles.